The second-order valence-electron chi connectivity index (χ2n) is 3.23. The highest BCUT2D eigenvalue weighted by molar-refractivity contribution is 5.84. The van der Waals surface area contributed by atoms with Crippen molar-refractivity contribution in [2.45, 2.75) is 0 Å². The van der Waals surface area contributed by atoms with Crippen molar-refractivity contribution in [3.05, 3.63) is 59.3 Å². The van der Waals surface area contributed by atoms with Gasteiger partial charge in [0.1, 0.15) is 5.82 Å². The lowest BCUT2D eigenvalue weighted by atomic mass is 10.2. The summed E-state index contributed by atoms with van der Waals surface area (Å²) in [7, 11) is 0. The molecule has 2 rings (SSSR count). The number of halogens is 1. The number of carboxylic acid groups (broad SMARTS) is 1. The molecular weight excluding hydrogens is 223 g/mol. The van der Waals surface area contributed by atoms with Gasteiger partial charge in [0, 0.05) is 5.56 Å². The molecule has 0 aliphatic heterocycles. The van der Waals surface area contributed by atoms with Crippen LogP contribution < -0.4 is 0 Å². The van der Waals surface area contributed by atoms with Gasteiger partial charge in [-0.05, 0) is 42.3 Å². The fourth-order valence-electron chi connectivity index (χ4n) is 1.19. The van der Waals surface area contributed by atoms with Crippen molar-refractivity contribution in [1.82, 2.24) is 0 Å². The molecule has 2 aromatic rings. The summed E-state index contributed by atoms with van der Waals surface area (Å²) >= 11 is 0. The molecule has 0 spiro atoms. The highest BCUT2D eigenvalue weighted by Gasteiger charge is 2.06. The van der Waals surface area contributed by atoms with Crippen molar-refractivity contribution < 1.29 is 18.7 Å². The maximum Gasteiger partial charge on any atom is 0.371 e. The van der Waals surface area contributed by atoms with Crippen molar-refractivity contribution in [3.63, 3.8) is 0 Å². The zero-order valence-corrected chi connectivity index (χ0v) is 8.61. The van der Waals surface area contributed by atoms with E-state index in [0.29, 0.717) is 5.56 Å². The maximum absolute atomic E-state index is 12.6. The van der Waals surface area contributed by atoms with Gasteiger partial charge >= 0.3 is 5.97 Å². The summed E-state index contributed by atoms with van der Waals surface area (Å²) in [6.45, 7) is 0. The van der Waals surface area contributed by atoms with Gasteiger partial charge in [0.05, 0.1) is 0 Å². The maximum atomic E-state index is 12.6. The van der Waals surface area contributed by atoms with Crippen molar-refractivity contribution in [2.24, 2.45) is 0 Å². The third kappa shape index (κ3) is 2.73. The van der Waals surface area contributed by atoms with Crippen LogP contribution in [0.2, 0.25) is 0 Å². The Morgan fingerprint density at radius 2 is 1.82 bits per heavy atom. The number of hydrogen-bond donors (Lipinski definition) is 1. The highest BCUT2D eigenvalue weighted by Crippen LogP contribution is 2.07. The predicted molar refractivity (Wildman–Crippen MR) is 58.0 cm³/mol. The van der Waals surface area contributed by atoms with Crippen molar-refractivity contribution in [2.75, 3.05) is 0 Å². The van der Waals surface area contributed by atoms with Gasteiger partial charge in [-0.25, -0.2) is 9.18 Å². The van der Waals surface area contributed by atoms with Crippen LogP contribution in [-0.2, 0) is 0 Å². The Labute approximate surface area is 96.5 Å². The number of rotatable bonds is 1. The molecule has 1 aromatic heterocycles. The van der Waals surface area contributed by atoms with E-state index in [1.54, 1.807) is 0 Å². The summed E-state index contributed by atoms with van der Waals surface area (Å²) in [6.07, 6.45) is 0. The first-order chi connectivity index (χ1) is 8.15. The summed E-state index contributed by atoms with van der Waals surface area (Å²) < 4.78 is 17.6. The minimum atomic E-state index is -1.14. The average Bonchev–Trinajstić information content (AvgIpc) is 2.77. The standard InChI is InChI=1S/C13H7FO3/c14-10-4-1-9(2-5-10)3-6-11-7-8-12(17-11)13(15)16/h1-2,4-5,7-8H,(H,15,16). The molecule has 3 nitrogen and oxygen atoms in total. The number of carboxylic acids is 1. The van der Waals surface area contributed by atoms with E-state index < -0.39 is 5.97 Å². The Kier molecular flexibility index (Phi) is 2.93. The molecule has 1 aromatic carbocycles. The fraction of sp³-hybridized carbons (Fsp3) is 0. The summed E-state index contributed by atoms with van der Waals surface area (Å²) in [5, 5.41) is 8.63. The van der Waals surface area contributed by atoms with E-state index in [-0.39, 0.29) is 17.3 Å². The van der Waals surface area contributed by atoms with Gasteiger partial charge in [0.2, 0.25) is 5.76 Å². The van der Waals surface area contributed by atoms with E-state index in [0.717, 1.165) is 0 Å². The van der Waals surface area contributed by atoms with E-state index in [2.05, 4.69) is 11.8 Å². The first-order valence-electron chi connectivity index (χ1n) is 4.76. The molecule has 4 heteroatoms. The van der Waals surface area contributed by atoms with Gasteiger partial charge in [-0.15, -0.1) is 0 Å². The quantitative estimate of drug-likeness (QED) is 0.766. The number of carbonyl (C=O) groups is 1. The van der Waals surface area contributed by atoms with Crippen LogP contribution in [0.5, 0.6) is 0 Å². The Hall–Kier alpha value is -2.54. The first-order valence-corrected chi connectivity index (χ1v) is 4.76. The predicted octanol–water partition coefficient (Wildman–Crippen LogP) is 2.52. The third-order valence-corrected chi connectivity index (χ3v) is 1.99. The Bertz CT molecular complexity index is 600. The van der Waals surface area contributed by atoms with E-state index in [1.165, 1.54) is 36.4 Å². The zero-order chi connectivity index (χ0) is 12.3. The molecule has 0 fully saturated rings. The normalized spacial score (nSPS) is 9.47. The molecule has 17 heavy (non-hydrogen) atoms. The Balaban J connectivity index is 2.20. The van der Waals surface area contributed by atoms with Crippen LogP contribution in [0.25, 0.3) is 0 Å². The Morgan fingerprint density at radius 1 is 1.12 bits per heavy atom. The van der Waals surface area contributed by atoms with Crippen LogP contribution in [0, 0.1) is 17.7 Å². The van der Waals surface area contributed by atoms with Gasteiger partial charge in [0.25, 0.3) is 0 Å². The smallest absolute Gasteiger partial charge is 0.371 e. The molecule has 0 aliphatic carbocycles. The molecule has 0 atom stereocenters. The highest BCUT2D eigenvalue weighted by atomic mass is 19.1. The molecule has 0 saturated carbocycles. The molecule has 84 valence electrons. The van der Waals surface area contributed by atoms with Crippen LogP contribution in [0.3, 0.4) is 0 Å². The molecule has 0 amide bonds. The van der Waals surface area contributed by atoms with Gasteiger partial charge < -0.3 is 9.52 Å². The van der Waals surface area contributed by atoms with E-state index in [9.17, 15) is 9.18 Å². The van der Waals surface area contributed by atoms with E-state index in [4.69, 9.17) is 9.52 Å². The fourth-order valence-corrected chi connectivity index (χ4v) is 1.19. The molecular formula is C13H7FO3. The second-order valence-corrected chi connectivity index (χ2v) is 3.23. The number of aromatic carboxylic acids is 1. The van der Waals surface area contributed by atoms with Crippen LogP contribution in [-0.4, -0.2) is 11.1 Å². The van der Waals surface area contributed by atoms with Crippen LogP contribution in [0.15, 0.2) is 40.8 Å². The van der Waals surface area contributed by atoms with Crippen LogP contribution >= 0.6 is 0 Å². The van der Waals surface area contributed by atoms with Crippen LogP contribution in [0.1, 0.15) is 21.9 Å². The first kappa shape index (κ1) is 11.0. The molecule has 0 aliphatic rings. The van der Waals surface area contributed by atoms with E-state index >= 15 is 0 Å². The monoisotopic (exact) mass is 230 g/mol. The third-order valence-electron chi connectivity index (χ3n) is 1.99. The summed E-state index contributed by atoms with van der Waals surface area (Å²) in [5.74, 6) is 4.02. The molecule has 0 unspecified atom stereocenters. The number of hydrogen-bond acceptors (Lipinski definition) is 2. The lowest BCUT2D eigenvalue weighted by Crippen LogP contribution is -1.91. The lowest BCUT2D eigenvalue weighted by Gasteiger charge is -1.88. The van der Waals surface area contributed by atoms with E-state index in [1.807, 2.05) is 0 Å². The molecule has 0 bridgehead atoms. The zero-order valence-electron chi connectivity index (χ0n) is 8.61. The van der Waals surface area contributed by atoms with Gasteiger partial charge in [-0.3, -0.25) is 0 Å². The molecule has 1 N–H and O–H groups in total. The molecule has 1 heterocycles. The number of benzene rings is 1. The van der Waals surface area contributed by atoms with Gasteiger partial charge in [-0.1, -0.05) is 5.92 Å². The minimum Gasteiger partial charge on any atom is -0.475 e. The average molecular weight is 230 g/mol. The minimum absolute atomic E-state index is 0.159. The van der Waals surface area contributed by atoms with Gasteiger partial charge in [-0.2, -0.15) is 0 Å². The largest absolute Gasteiger partial charge is 0.475 e. The SMILES string of the molecule is O=C(O)c1ccc(C#Cc2ccc(F)cc2)o1. The summed E-state index contributed by atoms with van der Waals surface area (Å²) in [5.41, 5.74) is 0.625. The molecule has 0 saturated heterocycles. The van der Waals surface area contributed by atoms with Crippen molar-refractivity contribution >= 4 is 5.97 Å². The van der Waals surface area contributed by atoms with Crippen molar-refractivity contribution in [3.8, 4) is 11.8 Å². The lowest BCUT2D eigenvalue weighted by molar-refractivity contribution is 0.0662. The summed E-state index contributed by atoms with van der Waals surface area (Å²) in [4.78, 5) is 10.5. The summed E-state index contributed by atoms with van der Waals surface area (Å²) in [6, 6.07) is 8.47. The topological polar surface area (TPSA) is 50.4 Å². The van der Waals surface area contributed by atoms with Crippen LogP contribution in [0.4, 0.5) is 4.39 Å². The number of furan rings is 1. The van der Waals surface area contributed by atoms with Crippen molar-refractivity contribution in [1.29, 1.82) is 0 Å². The second kappa shape index (κ2) is 4.54. The Morgan fingerprint density at radius 3 is 2.41 bits per heavy atom. The van der Waals surface area contributed by atoms with Gasteiger partial charge in [0.15, 0.2) is 5.76 Å². The molecule has 0 radical (unpaired) electrons.